The van der Waals surface area contributed by atoms with Crippen molar-refractivity contribution in [3.63, 3.8) is 0 Å². The maximum absolute atomic E-state index is 13.9. The molecular formula is C12HF17O4S2. The van der Waals surface area contributed by atoms with E-state index in [1.807, 2.05) is 0 Å². The highest BCUT2D eigenvalue weighted by molar-refractivity contribution is 8.15. The lowest BCUT2D eigenvalue weighted by atomic mass is 10.0. The van der Waals surface area contributed by atoms with Crippen molar-refractivity contribution < 1.29 is 91.5 Å². The van der Waals surface area contributed by atoms with Crippen LogP contribution in [0.25, 0.3) is 0 Å². The van der Waals surface area contributed by atoms with E-state index in [2.05, 4.69) is 0 Å². The molecule has 4 nitrogen and oxygen atoms in total. The zero-order chi connectivity index (χ0) is 28.5. The Labute approximate surface area is 180 Å². The lowest BCUT2D eigenvalue weighted by molar-refractivity contribution is -0.331. The summed E-state index contributed by atoms with van der Waals surface area (Å²) in [7, 11) is -17.9. The Hall–Kier alpha value is -2.07. The molecule has 0 aromatic heterocycles. The quantitative estimate of drug-likeness (QED) is 0.387. The molecular weight excluding hydrogens is 595 g/mol. The Bertz CT molecular complexity index is 1210. The van der Waals surface area contributed by atoms with E-state index in [1.54, 1.807) is 0 Å². The van der Waals surface area contributed by atoms with Gasteiger partial charge in [-0.15, -0.1) is 0 Å². The molecule has 1 atom stereocenters. The molecule has 35 heavy (non-hydrogen) atoms. The molecule has 0 saturated heterocycles. The van der Waals surface area contributed by atoms with Gasteiger partial charge in [-0.1, -0.05) is 0 Å². The fraction of sp³-hybridized carbons (Fsp3) is 0.500. The van der Waals surface area contributed by atoms with Gasteiger partial charge in [0.2, 0.25) is 0 Å². The van der Waals surface area contributed by atoms with E-state index in [0.717, 1.165) is 0 Å². The third kappa shape index (κ3) is 4.16. The van der Waals surface area contributed by atoms with Crippen molar-refractivity contribution >= 4 is 19.7 Å². The Morgan fingerprint density at radius 3 is 1.29 bits per heavy atom. The number of alkyl halides is 13. The lowest BCUT2D eigenvalue weighted by Gasteiger charge is -2.31. The molecule has 0 aliphatic heterocycles. The molecule has 1 unspecified atom stereocenters. The molecule has 0 radical (unpaired) electrons. The first-order chi connectivity index (χ1) is 15.0. The van der Waals surface area contributed by atoms with Crippen LogP contribution in [0.1, 0.15) is 0 Å². The Balaban J connectivity index is 4.50. The Kier molecular flexibility index (Phi) is 7.28. The average Bonchev–Trinajstić information content (AvgIpc) is 2.65. The van der Waals surface area contributed by atoms with Gasteiger partial charge in [-0.2, -0.15) is 52.7 Å². The second kappa shape index (κ2) is 8.23. The maximum atomic E-state index is 13.9. The summed E-state index contributed by atoms with van der Waals surface area (Å²) in [6, 6.07) is 0. The highest BCUT2D eigenvalue weighted by atomic mass is 32.3. The molecule has 1 rings (SSSR count). The largest absolute Gasteiger partial charge is 0.469 e. The number of allylic oxidation sites excluding steroid dienone is 5. The number of rotatable bonds is 5. The minimum absolute atomic E-state index is 3.41. The molecule has 0 aromatic carbocycles. The van der Waals surface area contributed by atoms with Gasteiger partial charge in [0, 0.05) is 0 Å². The first kappa shape index (κ1) is 31.0. The van der Waals surface area contributed by atoms with E-state index >= 15 is 0 Å². The van der Waals surface area contributed by atoms with Crippen molar-refractivity contribution in [3.8, 4) is 0 Å². The third-order valence-corrected chi connectivity index (χ3v) is 8.31. The van der Waals surface area contributed by atoms with Crippen LogP contribution in [-0.2, 0) is 19.7 Å². The summed E-state index contributed by atoms with van der Waals surface area (Å²) in [6.07, 6.45) is -20.5. The van der Waals surface area contributed by atoms with Crippen molar-refractivity contribution in [3.05, 3.63) is 33.1 Å². The summed E-state index contributed by atoms with van der Waals surface area (Å²) in [4.78, 5) is 0. The smallest absolute Gasteiger partial charge is 0.234 e. The van der Waals surface area contributed by atoms with E-state index in [1.165, 1.54) is 0 Å². The highest BCUT2D eigenvalue weighted by Crippen LogP contribution is 2.55. The number of hydrogen-bond acceptors (Lipinski definition) is 4. The molecule has 1 aliphatic carbocycles. The van der Waals surface area contributed by atoms with Crippen LogP contribution >= 0.6 is 0 Å². The minimum Gasteiger partial charge on any atom is -0.234 e. The van der Waals surface area contributed by atoms with Crippen molar-refractivity contribution in [2.45, 2.75) is 35.0 Å². The van der Waals surface area contributed by atoms with Crippen molar-refractivity contribution in [2.24, 2.45) is 0 Å². The minimum atomic E-state index is -9.06. The molecule has 0 N–H and O–H groups in total. The van der Waals surface area contributed by atoms with Gasteiger partial charge in [0.15, 0.2) is 33.7 Å². The Morgan fingerprint density at radius 1 is 0.571 bits per heavy atom. The van der Waals surface area contributed by atoms with E-state index in [0.29, 0.717) is 0 Å². The first-order valence-corrected chi connectivity index (χ1v) is 10.3. The van der Waals surface area contributed by atoms with E-state index in [-0.39, 0.29) is 0 Å². The SMILES string of the molecule is O=S(=O)(/C(=C1/C(F)=C(F)C(F)=C(F)C1F)S(=O)(=O)C(F)(F)C(F)(F)C(F)(F)F)C(F)(F)C(F)(F)F. The predicted molar refractivity (Wildman–Crippen MR) is 75.2 cm³/mol. The topological polar surface area (TPSA) is 68.3 Å². The van der Waals surface area contributed by atoms with Crippen molar-refractivity contribution in [1.29, 1.82) is 0 Å². The van der Waals surface area contributed by atoms with E-state index < -0.39 is 87.7 Å². The van der Waals surface area contributed by atoms with Crippen LogP contribution in [-0.4, -0.2) is 51.8 Å². The fourth-order valence-electron chi connectivity index (χ4n) is 2.01. The molecule has 23 heteroatoms. The lowest BCUT2D eigenvalue weighted by Crippen LogP contribution is -2.58. The predicted octanol–water partition coefficient (Wildman–Crippen LogP) is 5.63. The monoisotopic (exact) mass is 596 g/mol. The van der Waals surface area contributed by atoms with Gasteiger partial charge >= 0.3 is 28.8 Å². The van der Waals surface area contributed by atoms with Crippen molar-refractivity contribution in [1.82, 2.24) is 0 Å². The van der Waals surface area contributed by atoms with Crippen LogP contribution in [0.4, 0.5) is 74.6 Å². The molecule has 0 saturated carbocycles. The van der Waals surface area contributed by atoms with Gasteiger partial charge in [0.05, 0.1) is 5.57 Å². The van der Waals surface area contributed by atoms with Crippen LogP contribution in [0.3, 0.4) is 0 Å². The van der Waals surface area contributed by atoms with Crippen LogP contribution in [0.5, 0.6) is 0 Å². The molecule has 0 aromatic rings. The van der Waals surface area contributed by atoms with E-state index in [9.17, 15) is 91.5 Å². The summed E-state index contributed by atoms with van der Waals surface area (Å²) in [5.41, 5.74) is -4.05. The van der Waals surface area contributed by atoms with Crippen LogP contribution in [0, 0.1) is 0 Å². The summed E-state index contributed by atoms with van der Waals surface area (Å²) in [5.74, 6) is -22.8. The van der Waals surface area contributed by atoms with Crippen LogP contribution < -0.4 is 0 Å². The molecule has 0 amide bonds. The van der Waals surface area contributed by atoms with Gasteiger partial charge < -0.3 is 0 Å². The summed E-state index contributed by atoms with van der Waals surface area (Å²) >= 11 is 0. The summed E-state index contributed by atoms with van der Waals surface area (Å²) in [6.45, 7) is 0. The molecule has 204 valence electrons. The zero-order valence-electron chi connectivity index (χ0n) is 15.0. The number of hydrogen-bond donors (Lipinski definition) is 0. The second-order valence-corrected chi connectivity index (χ2v) is 10.1. The first-order valence-electron chi connectivity index (χ1n) is 7.30. The Morgan fingerprint density at radius 2 is 0.943 bits per heavy atom. The molecule has 0 spiro atoms. The molecule has 0 heterocycles. The van der Waals surface area contributed by atoms with E-state index in [4.69, 9.17) is 0 Å². The summed E-state index contributed by atoms with van der Waals surface area (Å²) in [5, 5.41) is -16.0. The maximum Gasteiger partial charge on any atom is 0.469 e. The molecule has 0 fully saturated rings. The van der Waals surface area contributed by atoms with Gasteiger partial charge in [-0.3, -0.25) is 0 Å². The standard InChI is InChI=1S/C12HF17O4S2/c13-2-1(3(14)5(16)6(17)4(2)15)7(35(32,33)12(28,29)10(23,24)25)34(30,31)11(26,27)8(18,19)9(20,21)22/h2H/b7-1+. The third-order valence-electron chi connectivity index (χ3n) is 3.74. The van der Waals surface area contributed by atoms with Gasteiger partial charge in [-0.05, 0) is 0 Å². The second-order valence-electron chi connectivity index (χ2n) is 5.96. The number of halogens is 17. The van der Waals surface area contributed by atoms with Gasteiger partial charge in [0.1, 0.15) is 0 Å². The average molecular weight is 596 g/mol. The van der Waals surface area contributed by atoms with Crippen LogP contribution in [0.2, 0.25) is 0 Å². The molecule has 1 aliphatic rings. The fourth-order valence-corrected chi connectivity index (χ4v) is 5.99. The highest BCUT2D eigenvalue weighted by Gasteiger charge is 2.81. The normalized spacial score (nSPS) is 21.6. The van der Waals surface area contributed by atoms with Crippen molar-refractivity contribution in [2.75, 3.05) is 0 Å². The van der Waals surface area contributed by atoms with Crippen LogP contribution in [0.15, 0.2) is 33.1 Å². The number of sulfone groups is 2. The summed E-state index contributed by atoms with van der Waals surface area (Å²) < 4.78 is 265. The van der Waals surface area contributed by atoms with Gasteiger partial charge in [-0.25, -0.2) is 38.8 Å². The van der Waals surface area contributed by atoms with Gasteiger partial charge in [0.25, 0.3) is 19.7 Å². The molecule has 0 bridgehead atoms. The zero-order valence-corrected chi connectivity index (χ0v) is 16.6.